The molecule has 0 unspecified atom stereocenters. The van der Waals surface area contributed by atoms with Crippen molar-refractivity contribution in [1.82, 2.24) is 0 Å². The van der Waals surface area contributed by atoms with E-state index >= 15 is 0 Å². The van der Waals surface area contributed by atoms with Gasteiger partial charge in [-0.25, -0.2) is 0 Å². The third-order valence-corrected chi connectivity index (χ3v) is 7.42. The molecule has 0 nitrogen and oxygen atoms in total. The Morgan fingerprint density at radius 2 is 1.88 bits per heavy atom. The Kier molecular flexibility index (Phi) is 2.98. The number of alkyl halides is 1. The van der Waals surface area contributed by atoms with Crippen molar-refractivity contribution in [3.8, 4) is 0 Å². The molecule has 0 spiro atoms. The minimum Gasteiger partial charge on any atom is -0.102 e. The van der Waals surface area contributed by atoms with Crippen LogP contribution in [0.5, 0.6) is 0 Å². The minimum absolute atomic E-state index is 0.565. The van der Waals surface area contributed by atoms with Crippen molar-refractivity contribution < 1.29 is 0 Å². The van der Waals surface area contributed by atoms with Gasteiger partial charge in [-0.05, 0) is 0 Å². The molecule has 0 aliphatic carbocycles. The number of hydrogen-bond acceptors (Lipinski definition) is 0. The van der Waals surface area contributed by atoms with Gasteiger partial charge in [0.05, 0.1) is 8.07 Å². The maximum atomic E-state index is 3.71. The Bertz CT molecular complexity index is 83.0. The molecule has 0 aliphatic rings. The molecule has 0 rings (SSSR count). The standard InChI is InChI=1S/C6H13BrSi/c1-5-6(7)8(2,3)4/h5-6H,1H2,2-4H3/t6-/m0/s1. The number of allylic oxidation sites excluding steroid dienone is 1. The molecule has 0 saturated heterocycles. The van der Waals surface area contributed by atoms with Crippen LogP contribution in [0.4, 0.5) is 0 Å². The molecule has 0 N–H and O–H groups in total. The van der Waals surface area contributed by atoms with Crippen LogP contribution in [0.15, 0.2) is 12.7 Å². The first-order valence-electron chi connectivity index (χ1n) is 2.75. The topological polar surface area (TPSA) is 0 Å². The van der Waals surface area contributed by atoms with Crippen molar-refractivity contribution in [2.45, 2.75) is 24.1 Å². The molecule has 0 heterocycles. The molecular weight excluding hydrogens is 180 g/mol. The van der Waals surface area contributed by atoms with Crippen LogP contribution in [-0.4, -0.2) is 12.5 Å². The van der Waals surface area contributed by atoms with Gasteiger partial charge in [-0.2, -0.15) is 0 Å². The normalized spacial score (nSPS) is 15.5. The molecule has 2 heteroatoms. The van der Waals surface area contributed by atoms with Gasteiger partial charge in [-0.15, -0.1) is 6.58 Å². The van der Waals surface area contributed by atoms with E-state index in [2.05, 4.69) is 42.1 Å². The predicted molar refractivity (Wildman–Crippen MR) is 46.3 cm³/mol. The molecule has 1 atom stereocenters. The fourth-order valence-electron chi connectivity index (χ4n) is 0.354. The Hall–Kier alpha value is 0.437. The lowest BCUT2D eigenvalue weighted by atomic mass is 10.8. The van der Waals surface area contributed by atoms with E-state index in [0.29, 0.717) is 4.45 Å². The highest BCUT2D eigenvalue weighted by Crippen LogP contribution is 2.15. The molecule has 48 valence electrons. The Morgan fingerprint density at radius 1 is 1.50 bits per heavy atom. The van der Waals surface area contributed by atoms with Gasteiger partial charge in [-0.3, -0.25) is 0 Å². The van der Waals surface area contributed by atoms with Crippen LogP contribution in [0.25, 0.3) is 0 Å². The van der Waals surface area contributed by atoms with Crippen LogP contribution >= 0.6 is 15.9 Å². The van der Waals surface area contributed by atoms with Crippen LogP contribution in [-0.2, 0) is 0 Å². The summed E-state index contributed by atoms with van der Waals surface area (Å²) in [6.45, 7) is 10.7. The summed E-state index contributed by atoms with van der Waals surface area (Å²) in [5.74, 6) is 0. The molecule has 0 aromatic rings. The lowest BCUT2D eigenvalue weighted by Crippen LogP contribution is -2.31. The zero-order valence-corrected chi connectivity index (χ0v) is 8.33. The first kappa shape index (κ1) is 8.44. The van der Waals surface area contributed by atoms with Crippen molar-refractivity contribution in [2.24, 2.45) is 0 Å². The Balaban J connectivity index is 3.80. The Labute approximate surface area is 61.1 Å². The smallest absolute Gasteiger partial charge is 0.0643 e. The third-order valence-electron chi connectivity index (χ3n) is 1.03. The first-order chi connectivity index (χ1) is 3.48. The molecule has 0 saturated carbocycles. The molecule has 8 heavy (non-hydrogen) atoms. The molecule has 0 bridgehead atoms. The first-order valence-corrected chi connectivity index (χ1v) is 7.24. The van der Waals surface area contributed by atoms with Crippen molar-refractivity contribution in [3.63, 3.8) is 0 Å². The fourth-order valence-corrected chi connectivity index (χ4v) is 1.06. The molecule has 0 fully saturated rings. The average molecular weight is 193 g/mol. The maximum Gasteiger partial charge on any atom is 0.0643 e. The summed E-state index contributed by atoms with van der Waals surface area (Å²) in [6, 6.07) is 0. The number of rotatable bonds is 2. The second kappa shape index (κ2) is 2.83. The van der Waals surface area contributed by atoms with E-state index in [1.165, 1.54) is 0 Å². The third kappa shape index (κ3) is 2.67. The van der Waals surface area contributed by atoms with Crippen molar-refractivity contribution in [2.75, 3.05) is 0 Å². The zero-order chi connectivity index (χ0) is 6.78. The second-order valence-electron chi connectivity index (χ2n) is 3.00. The van der Waals surface area contributed by atoms with Crippen LogP contribution < -0.4 is 0 Å². The van der Waals surface area contributed by atoms with E-state index < -0.39 is 8.07 Å². The van der Waals surface area contributed by atoms with E-state index in [-0.39, 0.29) is 0 Å². The van der Waals surface area contributed by atoms with Gasteiger partial charge in [0, 0.05) is 4.45 Å². The fraction of sp³-hybridized carbons (Fsp3) is 0.667. The van der Waals surface area contributed by atoms with Gasteiger partial charge in [0.2, 0.25) is 0 Å². The van der Waals surface area contributed by atoms with Crippen molar-refractivity contribution in [1.29, 1.82) is 0 Å². The van der Waals surface area contributed by atoms with Gasteiger partial charge >= 0.3 is 0 Å². The van der Waals surface area contributed by atoms with Crippen LogP contribution in [0.3, 0.4) is 0 Å². The van der Waals surface area contributed by atoms with E-state index in [1.54, 1.807) is 0 Å². The highest BCUT2D eigenvalue weighted by Gasteiger charge is 2.20. The quantitative estimate of drug-likeness (QED) is 0.359. The van der Waals surface area contributed by atoms with E-state index in [0.717, 1.165) is 0 Å². The Morgan fingerprint density at radius 3 is 1.88 bits per heavy atom. The molecular formula is C6H13BrSi. The summed E-state index contributed by atoms with van der Waals surface area (Å²) in [6.07, 6.45) is 1.98. The van der Waals surface area contributed by atoms with Gasteiger partial charge in [0.15, 0.2) is 0 Å². The summed E-state index contributed by atoms with van der Waals surface area (Å²) in [5, 5.41) is 0. The van der Waals surface area contributed by atoms with E-state index in [1.807, 2.05) is 6.08 Å². The van der Waals surface area contributed by atoms with Crippen LogP contribution in [0.1, 0.15) is 0 Å². The summed E-state index contributed by atoms with van der Waals surface area (Å²) in [4.78, 5) is 0. The largest absolute Gasteiger partial charge is 0.102 e. The lowest BCUT2D eigenvalue weighted by molar-refractivity contribution is 1.48. The molecule has 0 aliphatic heterocycles. The highest BCUT2D eigenvalue weighted by molar-refractivity contribution is 9.10. The van der Waals surface area contributed by atoms with Gasteiger partial charge in [-0.1, -0.05) is 41.6 Å². The van der Waals surface area contributed by atoms with Crippen LogP contribution in [0.2, 0.25) is 19.6 Å². The van der Waals surface area contributed by atoms with E-state index in [4.69, 9.17) is 0 Å². The maximum absolute atomic E-state index is 3.71. The van der Waals surface area contributed by atoms with Crippen molar-refractivity contribution in [3.05, 3.63) is 12.7 Å². The predicted octanol–water partition coefficient (Wildman–Crippen LogP) is 2.81. The van der Waals surface area contributed by atoms with Gasteiger partial charge in [0.1, 0.15) is 0 Å². The molecule has 0 radical (unpaired) electrons. The van der Waals surface area contributed by atoms with Crippen molar-refractivity contribution >= 4 is 24.0 Å². The summed E-state index contributed by atoms with van der Waals surface area (Å²) in [7, 11) is -0.962. The minimum atomic E-state index is -0.962. The number of hydrogen-bond donors (Lipinski definition) is 0. The number of halogens is 1. The summed E-state index contributed by atoms with van der Waals surface area (Å²) in [5.41, 5.74) is 0. The highest BCUT2D eigenvalue weighted by atomic mass is 79.9. The summed E-state index contributed by atoms with van der Waals surface area (Å²) >= 11 is 3.54. The molecule has 0 aromatic carbocycles. The monoisotopic (exact) mass is 192 g/mol. The zero-order valence-electron chi connectivity index (χ0n) is 5.74. The second-order valence-corrected chi connectivity index (χ2v) is 10.2. The average Bonchev–Trinajstić information content (AvgIpc) is 1.62. The molecule has 0 aromatic heterocycles. The van der Waals surface area contributed by atoms with Gasteiger partial charge < -0.3 is 0 Å². The van der Waals surface area contributed by atoms with E-state index in [9.17, 15) is 0 Å². The van der Waals surface area contributed by atoms with Gasteiger partial charge in [0.25, 0.3) is 0 Å². The molecule has 0 amide bonds. The lowest BCUT2D eigenvalue weighted by Gasteiger charge is -2.18. The summed E-state index contributed by atoms with van der Waals surface area (Å²) < 4.78 is 0.565. The SMILES string of the molecule is C=C[C@@H](Br)[Si](C)(C)C. The van der Waals surface area contributed by atoms with Crippen LogP contribution in [0, 0.1) is 0 Å².